The summed E-state index contributed by atoms with van der Waals surface area (Å²) < 4.78 is 0. The second-order valence-corrected chi connectivity index (χ2v) is 5.45. The molecule has 0 bridgehead atoms. The molecule has 1 aliphatic heterocycles. The van der Waals surface area contributed by atoms with Gasteiger partial charge in [0.1, 0.15) is 5.75 Å². The number of nitrogens with one attached hydrogen (secondary N) is 1. The van der Waals surface area contributed by atoms with E-state index in [1.165, 1.54) is 16.6 Å². The van der Waals surface area contributed by atoms with E-state index in [0.29, 0.717) is 17.7 Å². The van der Waals surface area contributed by atoms with Crippen LogP contribution in [-0.2, 0) is 0 Å². The summed E-state index contributed by atoms with van der Waals surface area (Å²) in [5.74, 6) is 0.928. The quantitative estimate of drug-likeness (QED) is 0.847. The summed E-state index contributed by atoms with van der Waals surface area (Å²) in [4.78, 5) is 5.54. The van der Waals surface area contributed by atoms with Crippen LogP contribution in [-0.4, -0.2) is 22.7 Å². The van der Waals surface area contributed by atoms with Crippen LogP contribution in [0.3, 0.4) is 0 Å². The molecule has 0 saturated heterocycles. The Hall–Kier alpha value is -1.64. The Labute approximate surface area is 107 Å². The fourth-order valence-corrected chi connectivity index (χ4v) is 3.14. The highest BCUT2D eigenvalue weighted by Gasteiger charge is 2.31. The van der Waals surface area contributed by atoms with Crippen LogP contribution in [0.2, 0.25) is 0 Å². The molecule has 3 nitrogen and oxygen atoms in total. The number of hydrogen-bond donors (Lipinski definition) is 2. The van der Waals surface area contributed by atoms with Gasteiger partial charge in [-0.3, -0.25) is 0 Å². The number of aromatic amines is 1. The lowest BCUT2D eigenvalue weighted by Crippen LogP contribution is -2.29. The predicted octanol–water partition coefficient (Wildman–Crippen LogP) is 3.60. The number of benzene rings is 1. The minimum absolute atomic E-state index is 0.358. The molecule has 96 valence electrons. The third kappa shape index (κ3) is 1.43. The van der Waals surface area contributed by atoms with Crippen molar-refractivity contribution >= 4 is 16.6 Å². The van der Waals surface area contributed by atoms with Crippen molar-refractivity contribution < 1.29 is 5.11 Å². The summed E-state index contributed by atoms with van der Waals surface area (Å²) in [6, 6.07) is 4.47. The molecular weight excluding hydrogens is 224 g/mol. The molecule has 3 heteroatoms. The summed E-state index contributed by atoms with van der Waals surface area (Å²) in [5.41, 5.74) is 3.49. The van der Waals surface area contributed by atoms with E-state index in [1.54, 1.807) is 0 Å². The highest BCUT2D eigenvalue weighted by atomic mass is 16.3. The molecule has 0 aliphatic carbocycles. The third-order valence-corrected chi connectivity index (χ3v) is 4.09. The Morgan fingerprint density at radius 2 is 2.28 bits per heavy atom. The number of rotatable bonds is 2. The van der Waals surface area contributed by atoms with Gasteiger partial charge in [-0.05, 0) is 31.9 Å². The molecule has 0 fully saturated rings. The number of aromatic nitrogens is 1. The van der Waals surface area contributed by atoms with Crippen molar-refractivity contribution in [3.8, 4) is 5.75 Å². The molecule has 0 unspecified atom stereocenters. The summed E-state index contributed by atoms with van der Waals surface area (Å²) in [7, 11) is 0. The standard InChI is InChI=1S/C15H20N2O/c1-4-10-8-17(9(2)3)12-7-13(18)15-11(14(10)12)5-6-16-15/h5-7,9-10,16,18H,4,8H2,1-3H3/t10-/m1/s1. The van der Waals surface area contributed by atoms with E-state index < -0.39 is 0 Å². The first-order chi connectivity index (χ1) is 8.63. The zero-order valence-corrected chi connectivity index (χ0v) is 11.2. The molecule has 1 aliphatic rings. The van der Waals surface area contributed by atoms with E-state index in [0.717, 1.165) is 18.5 Å². The fourth-order valence-electron chi connectivity index (χ4n) is 3.14. The molecule has 1 aromatic carbocycles. The predicted molar refractivity (Wildman–Crippen MR) is 75.5 cm³/mol. The van der Waals surface area contributed by atoms with Crippen LogP contribution >= 0.6 is 0 Å². The van der Waals surface area contributed by atoms with Gasteiger partial charge in [-0.2, -0.15) is 0 Å². The first kappa shape index (κ1) is 11.5. The average molecular weight is 244 g/mol. The third-order valence-electron chi connectivity index (χ3n) is 4.09. The zero-order valence-electron chi connectivity index (χ0n) is 11.2. The Bertz CT molecular complexity index is 585. The summed E-state index contributed by atoms with van der Waals surface area (Å²) in [6.07, 6.45) is 3.05. The van der Waals surface area contributed by atoms with Crippen molar-refractivity contribution in [2.45, 2.75) is 39.2 Å². The van der Waals surface area contributed by atoms with Crippen molar-refractivity contribution in [1.82, 2.24) is 4.98 Å². The maximum absolute atomic E-state index is 10.1. The van der Waals surface area contributed by atoms with E-state index in [-0.39, 0.29) is 0 Å². The number of phenolic OH excluding ortho intramolecular Hbond substituents is 1. The molecule has 2 N–H and O–H groups in total. The van der Waals surface area contributed by atoms with Gasteiger partial charge < -0.3 is 15.0 Å². The molecule has 0 radical (unpaired) electrons. The number of phenols is 1. The van der Waals surface area contributed by atoms with Gasteiger partial charge in [-0.25, -0.2) is 0 Å². The fraction of sp³-hybridized carbons (Fsp3) is 0.467. The van der Waals surface area contributed by atoms with E-state index in [9.17, 15) is 5.11 Å². The lowest BCUT2D eigenvalue weighted by Gasteiger charge is -2.24. The van der Waals surface area contributed by atoms with Gasteiger partial charge in [0.2, 0.25) is 0 Å². The Morgan fingerprint density at radius 1 is 1.50 bits per heavy atom. The molecule has 0 saturated carbocycles. The van der Waals surface area contributed by atoms with Gasteiger partial charge in [0.05, 0.1) is 5.52 Å². The average Bonchev–Trinajstić information content (AvgIpc) is 2.91. The second-order valence-electron chi connectivity index (χ2n) is 5.45. The second kappa shape index (κ2) is 3.94. The molecule has 0 spiro atoms. The van der Waals surface area contributed by atoms with Crippen LogP contribution in [0.1, 0.15) is 38.7 Å². The topological polar surface area (TPSA) is 39.3 Å². The molecular formula is C15H20N2O. The molecule has 2 heterocycles. The molecule has 18 heavy (non-hydrogen) atoms. The Morgan fingerprint density at radius 3 is 2.94 bits per heavy atom. The number of fused-ring (bicyclic) bond motifs is 3. The van der Waals surface area contributed by atoms with Crippen LogP contribution in [0.4, 0.5) is 5.69 Å². The molecule has 1 atom stereocenters. The summed E-state index contributed by atoms with van der Waals surface area (Å²) >= 11 is 0. The Kier molecular flexibility index (Phi) is 2.51. The first-order valence-electron chi connectivity index (χ1n) is 6.73. The van der Waals surface area contributed by atoms with E-state index >= 15 is 0 Å². The summed E-state index contributed by atoms with van der Waals surface area (Å²) in [6.45, 7) is 7.72. The van der Waals surface area contributed by atoms with E-state index in [1.807, 2.05) is 12.3 Å². The number of anilines is 1. The first-order valence-corrected chi connectivity index (χ1v) is 6.73. The largest absolute Gasteiger partial charge is 0.506 e. The number of H-pyrrole nitrogens is 1. The van der Waals surface area contributed by atoms with Crippen molar-refractivity contribution in [3.05, 3.63) is 23.9 Å². The van der Waals surface area contributed by atoms with Crippen LogP contribution < -0.4 is 4.90 Å². The van der Waals surface area contributed by atoms with Crippen molar-refractivity contribution in [1.29, 1.82) is 0 Å². The maximum Gasteiger partial charge on any atom is 0.141 e. The van der Waals surface area contributed by atoms with Gasteiger partial charge in [0.25, 0.3) is 0 Å². The van der Waals surface area contributed by atoms with Gasteiger partial charge in [-0.1, -0.05) is 6.92 Å². The molecule has 0 amide bonds. The number of nitrogens with zero attached hydrogens (tertiary/aromatic N) is 1. The van der Waals surface area contributed by atoms with Gasteiger partial charge in [0.15, 0.2) is 0 Å². The molecule has 1 aromatic heterocycles. The van der Waals surface area contributed by atoms with Gasteiger partial charge in [0, 0.05) is 41.8 Å². The SMILES string of the molecule is CC[C@@H]1CN(C(C)C)c2cc(O)c3[nH]ccc3c21. The van der Waals surface area contributed by atoms with Crippen molar-refractivity contribution in [2.75, 3.05) is 11.4 Å². The summed E-state index contributed by atoms with van der Waals surface area (Å²) in [5, 5.41) is 11.3. The van der Waals surface area contributed by atoms with Gasteiger partial charge >= 0.3 is 0 Å². The number of hydrogen-bond acceptors (Lipinski definition) is 2. The minimum Gasteiger partial charge on any atom is -0.506 e. The smallest absolute Gasteiger partial charge is 0.141 e. The monoisotopic (exact) mass is 244 g/mol. The van der Waals surface area contributed by atoms with Crippen molar-refractivity contribution in [3.63, 3.8) is 0 Å². The van der Waals surface area contributed by atoms with E-state index in [2.05, 4.69) is 36.7 Å². The highest BCUT2D eigenvalue weighted by Crippen LogP contribution is 2.46. The molecule has 3 rings (SSSR count). The van der Waals surface area contributed by atoms with E-state index in [4.69, 9.17) is 0 Å². The van der Waals surface area contributed by atoms with Crippen molar-refractivity contribution in [2.24, 2.45) is 0 Å². The Balaban J connectivity index is 2.28. The lowest BCUT2D eigenvalue weighted by molar-refractivity contribution is 0.480. The van der Waals surface area contributed by atoms with Gasteiger partial charge in [-0.15, -0.1) is 0 Å². The number of aromatic hydroxyl groups is 1. The van der Waals surface area contributed by atoms with Crippen LogP contribution in [0.25, 0.3) is 10.9 Å². The van der Waals surface area contributed by atoms with Crippen LogP contribution in [0.15, 0.2) is 18.3 Å². The normalized spacial score (nSPS) is 18.9. The highest BCUT2D eigenvalue weighted by molar-refractivity contribution is 5.94. The molecule has 2 aromatic rings. The zero-order chi connectivity index (χ0) is 12.9. The lowest BCUT2D eigenvalue weighted by atomic mass is 9.95. The van der Waals surface area contributed by atoms with Crippen LogP contribution in [0.5, 0.6) is 5.75 Å². The maximum atomic E-state index is 10.1. The minimum atomic E-state index is 0.358. The van der Waals surface area contributed by atoms with Crippen LogP contribution in [0, 0.1) is 0 Å².